The third-order valence-corrected chi connectivity index (χ3v) is 13.5. The van der Waals surface area contributed by atoms with E-state index < -0.39 is 36.2 Å². The van der Waals surface area contributed by atoms with E-state index in [1.54, 1.807) is 0 Å². The van der Waals surface area contributed by atoms with Gasteiger partial charge in [0.2, 0.25) is 0 Å². The Morgan fingerprint density at radius 2 is 0.556 bits per heavy atom. The van der Waals surface area contributed by atoms with Crippen LogP contribution in [0.4, 0.5) is 0 Å². The molecular weight excluding hydrogens is 358 g/mol. The van der Waals surface area contributed by atoms with Crippen LogP contribution in [0.5, 0.6) is 0 Å². The summed E-state index contributed by atoms with van der Waals surface area (Å²) >= 11 is 0. The molecule has 0 radical (unpaired) electrons. The summed E-state index contributed by atoms with van der Waals surface area (Å²) in [5, 5.41) is 0. The van der Waals surface area contributed by atoms with E-state index in [0.717, 1.165) is 0 Å². The monoisotopic (exact) mass is 360 g/mol. The van der Waals surface area contributed by atoms with E-state index in [4.69, 9.17) is 0 Å². The average molecular weight is 360 g/mol. The van der Waals surface area contributed by atoms with Gasteiger partial charge in [-0.2, -0.15) is 0 Å². The van der Waals surface area contributed by atoms with Gasteiger partial charge in [0.05, 0.1) is 0 Å². The molecule has 6 rings (SSSR count). The Hall–Kier alpha value is 1.45. The van der Waals surface area contributed by atoms with E-state index in [1.807, 2.05) is 0 Å². The fourth-order valence-corrected chi connectivity index (χ4v) is 12.9. The number of hydrogen-bond acceptors (Lipinski definition) is 12. The maximum atomic E-state index is 11.1. The van der Waals surface area contributed by atoms with Crippen molar-refractivity contribution in [2.24, 2.45) is 0 Å². The van der Waals surface area contributed by atoms with Crippen molar-refractivity contribution in [1.82, 2.24) is 0 Å². The Morgan fingerprint density at radius 3 is 0.667 bits per heavy atom. The number of rotatable bonds is 0. The van der Waals surface area contributed by atoms with Crippen LogP contribution in [0.2, 0.25) is 0 Å². The molecule has 96 valence electrons. The minimum absolute atomic E-state index is 0. The maximum Gasteiger partial charge on any atom is 3.00 e. The van der Waals surface area contributed by atoms with Crippen molar-refractivity contribution in [2.45, 2.75) is 0 Å². The quantitative estimate of drug-likeness (QED) is 0.369. The summed E-state index contributed by atoms with van der Waals surface area (Å²) in [6, 6.07) is 0. The topological polar surface area (TPSA) is 208 Å². The molecular formula is H2Al2O12Si4. The Morgan fingerprint density at radius 1 is 0.444 bits per heavy atom. The van der Waals surface area contributed by atoms with Crippen molar-refractivity contribution in [3.05, 3.63) is 0 Å². The van der Waals surface area contributed by atoms with Crippen LogP contribution >= 0.6 is 0 Å². The van der Waals surface area contributed by atoms with Crippen LogP contribution < -0.4 is 19.2 Å². The molecule has 6 fully saturated rings. The molecule has 0 aromatic rings. The minimum Gasteiger partial charge on any atom is -0.870 e. The standard InChI is InChI=1S/2Al.O10Si4.2H2O/c;;1-11-5-12(2,6-11)10-14(4)7-13(3,8-14)9-11;;/h;;;2*1H2/q2*+3;-4;;/p-2. The van der Waals surface area contributed by atoms with Gasteiger partial charge in [-0.3, -0.25) is 0 Å². The van der Waals surface area contributed by atoms with Gasteiger partial charge >= 0.3 is 70.9 Å². The van der Waals surface area contributed by atoms with Gasteiger partial charge < -0.3 is 54.8 Å². The Balaban J connectivity index is 0. The molecule has 0 saturated carbocycles. The second kappa shape index (κ2) is 5.68. The molecule has 0 aliphatic carbocycles. The van der Waals surface area contributed by atoms with Crippen LogP contribution in [0.1, 0.15) is 0 Å². The van der Waals surface area contributed by atoms with Gasteiger partial charge in [0.1, 0.15) is 0 Å². The van der Waals surface area contributed by atoms with Gasteiger partial charge in [0, 0.05) is 0 Å². The molecule has 4 bridgehead atoms. The molecule has 6 heterocycles. The first-order chi connectivity index (χ1) is 6.24. The molecule has 6 aliphatic rings. The number of hydrogen-bond donors (Lipinski definition) is 0. The summed E-state index contributed by atoms with van der Waals surface area (Å²) in [5.41, 5.74) is 0. The van der Waals surface area contributed by atoms with Crippen molar-refractivity contribution in [3.8, 4) is 0 Å². The smallest absolute Gasteiger partial charge is 0.870 e. The first-order valence-corrected chi connectivity index (χ1v) is 9.80. The maximum absolute atomic E-state index is 11.1. The van der Waals surface area contributed by atoms with Crippen molar-refractivity contribution in [1.29, 1.82) is 0 Å². The zero-order valence-electron chi connectivity index (χ0n) is 8.13. The van der Waals surface area contributed by atoms with Crippen LogP contribution in [0.3, 0.4) is 0 Å². The van der Waals surface area contributed by atoms with Crippen LogP contribution in [0.25, 0.3) is 0 Å². The zero-order chi connectivity index (χ0) is 10.2. The second-order valence-electron chi connectivity index (χ2n) is 2.61. The van der Waals surface area contributed by atoms with Crippen molar-refractivity contribution in [2.75, 3.05) is 0 Å². The van der Waals surface area contributed by atoms with Gasteiger partial charge in [-0.05, 0) is 0 Å². The van der Waals surface area contributed by atoms with Gasteiger partial charge in [-0.25, -0.2) is 0 Å². The van der Waals surface area contributed by atoms with Gasteiger partial charge in [-0.1, -0.05) is 0 Å². The predicted molar refractivity (Wildman–Crippen MR) is 44.9 cm³/mol. The summed E-state index contributed by atoms with van der Waals surface area (Å²) in [7, 11) is -17.9. The molecule has 0 aromatic carbocycles. The molecule has 12 nitrogen and oxygen atoms in total. The SMILES string of the molecule is [Al+3].[Al+3].[O-][Si]12O[Si]([O-])(O1)O[Si]1([O-])O[Si]([O-])(O1)O2.[OH-].[OH-]. The van der Waals surface area contributed by atoms with Crippen LogP contribution in [-0.2, 0) is 24.7 Å². The van der Waals surface area contributed by atoms with Gasteiger partial charge in [0.15, 0.2) is 0 Å². The Labute approximate surface area is 125 Å². The van der Waals surface area contributed by atoms with Crippen LogP contribution in [0.15, 0.2) is 0 Å². The third kappa shape index (κ3) is 3.37. The molecule has 2 N–H and O–H groups in total. The minimum atomic E-state index is -4.48. The van der Waals surface area contributed by atoms with Crippen LogP contribution in [0, 0.1) is 0 Å². The molecule has 6 aliphatic heterocycles. The first-order valence-electron chi connectivity index (χ1n) is 3.27. The molecule has 0 unspecified atom stereocenters. The third-order valence-electron chi connectivity index (χ3n) is 1.50. The van der Waals surface area contributed by atoms with E-state index in [-0.39, 0.29) is 45.7 Å². The summed E-state index contributed by atoms with van der Waals surface area (Å²) in [5.74, 6) is 0. The molecule has 0 amide bonds. The molecule has 0 aromatic heterocycles. The average Bonchev–Trinajstić information content (AvgIpc) is 1.72. The first kappa shape index (κ1) is 21.7. The van der Waals surface area contributed by atoms with Crippen molar-refractivity contribution in [3.63, 3.8) is 0 Å². The largest absolute Gasteiger partial charge is 3.00 e. The molecule has 0 atom stereocenters. The second-order valence-corrected chi connectivity index (χ2v) is 11.5. The zero-order valence-corrected chi connectivity index (χ0v) is 14.4. The normalized spacial score (nSPS) is 51.3. The van der Waals surface area contributed by atoms with E-state index in [9.17, 15) is 19.2 Å². The van der Waals surface area contributed by atoms with E-state index in [1.165, 1.54) is 0 Å². The van der Waals surface area contributed by atoms with Gasteiger partial charge in [-0.15, -0.1) is 0 Å². The fraction of sp³-hybridized carbons (Fsp3) is 0. The predicted octanol–water partition coefficient (Wildman–Crippen LogP) is -7.80. The fourth-order valence-electron chi connectivity index (χ4n) is 1.10. The molecule has 18 heavy (non-hydrogen) atoms. The van der Waals surface area contributed by atoms with Crippen molar-refractivity contribution < 1.29 is 54.8 Å². The summed E-state index contributed by atoms with van der Waals surface area (Å²) in [4.78, 5) is 44.5. The summed E-state index contributed by atoms with van der Waals surface area (Å²) in [6.45, 7) is 0. The Kier molecular flexibility index (Phi) is 6.86. The van der Waals surface area contributed by atoms with Crippen LogP contribution in [-0.4, -0.2) is 81.9 Å². The van der Waals surface area contributed by atoms with Crippen molar-refractivity contribution >= 4 is 70.9 Å². The van der Waals surface area contributed by atoms with E-state index >= 15 is 0 Å². The summed E-state index contributed by atoms with van der Waals surface area (Å²) < 4.78 is 25.2. The Bertz CT molecular complexity index is 242. The summed E-state index contributed by atoms with van der Waals surface area (Å²) in [6.07, 6.45) is 0. The molecule has 6 saturated heterocycles. The van der Waals surface area contributed by atoms with Gasteiger partial charge in [0.25, 0.3) is 0 Å². The molecule has 18 heteroatoms. The van der Waals surface area contributed by atoms with E-state index in [2.05, 4.69) is 24.7 Å². The molecule has 0 spiro atoms. The van der Waals surface area contributed by atoms with E-state index in [0.29, 0.717) is 0 Å².